The molecule has 0 N–H and O–H groups in total. The first kappa shape index (κ1) is 12.8. The Labute approximate surface area is 114 Å². The number of ketones is 1. The van der Waals surface area contributed by atoms with Crippen molar-refractivity contribution < 1.29 is 4.79 Å². The van der Waals surface area contributed by atoms with Gasteiger partial charge in [0.2, 0.25) is 0 Å². The van der Waals surface area contributed by atoms with Gasteiger partial charge in [0, 0.05) is 18.5 Å². The molecule has 0 amide bonds. The van der Waals surface area contributed by atoms with Gasteiger partial charge in [-0.1, -0.05) is 19.8 Å². The number of carbonyl (C=O) groups is 1. The van der Waals surface area contributed by atoms with Crippen LogP contribution in [0.4, 0.5) is 0 Å². The predicted molar refractivity (Wildman–Crippen MR) is 74.3 cm³/mol. The van der Waals surface area contributed by atoms with Crippen LogP contribution in [0.25, 0.3) is 0 Å². The summed E-state index contributed by atoms with van der Waals surface area (Å²) in [5.41, 5.74) is 1.79. The SMILES string of the molecule is CC1CCCC(c2ncc3c(n2)CCCCC3=O)C1. The lowest BCUT2D eigenvalue weighted by atomic mass is 9.82. The van der Waals surface area contributed by atoms with Crippen LogP contribution < -0.4 is 0 Å². The van der Waals surface area contributed by atoms with Gasteiger partial charge in [-0.05, 0) is 38.0 Å². The Balaban J connectivity index is 1.88. The van der Waals surface area contributed by atoms with Gasteiger partial charge in [-0.3, -0.25) is 4.79 Å². The maximum absolute atomic E-state index is 12.0. The van der Waals surface area contributed by atoms with Gasteiger partial charge >= 0.3 is 0 Å². The van der Waals surface area contributed by atoms with Crippen molar-refractivity contribution in [1.29, 1.82) is 0 Å². The second-order valence-electron chi connectivity index (χ2n) is 6.19. The van der Waals surface area contributed by atoms with Crippen LogP contribution in [-0.4, -0.2) is 15.8 Å². The fraction of sp³-hybridized carbons (Fsp3) is 0.688. The Morgan fingerprint density at radius 2 is 2.00 bits per heavy atom. The summed E-state index contributed by atoms with van der Waals surface area (Å²) in [4.78, 5) is 21.2. The lowest BCUT2D eigenvalue weighted by Crippen LogP contribution is -2.16. The van der Waals surface area contributed by atoms with Gasteiger partial charge in [0.15, 0.2) is 5.78 Å². The number of hydrogen-bond donors (Lipinski definition) is 0. The van der Waals surface area contributed by atoms with E-state index >= 15 is 0 Å². The smallest absolute Gasteiger partial charge is 0.166 e. The fourth-order valence-electron chi connectivity index (χ4n) is 3.43. The topological polar surface area (TPSA) is 42.9 Å². The summed E-state index contributed by atoms with van der Waals surface area (Å²) in [5, 5.41) is 0. The van der Waals surface area contributed by atoms with Gasteiger partial charge in [0.1, 0.15) is 5.82 Å². The van der Waals surface area contributed by atoms with E-state index < -0.39 is 0 Å². The van der Waals surface area contributed by atoms with Crippen LogP contribution in [-0.2, 0) is 6.42 Å². The molecule has 1 heterocycles. The molecule has 0 spiro atoms. The molecule has 19 heavy (non-hydrogen) atoms. The first-order valence-electron chi connectivity index (χ1n) is 7.63. The second-order valence-corrected chi connectivity index (χ2v) is 6.19. The predicted octanol–water partition coefficient (Wildman–Crippen LogP) is 3.68. The second kappa shape index (κ2) is 5.40. The quantitative estimate of drug-likeness (QED) is 0.722. The summed E-state index contributed by atoms with van der Waals surface area (Å²) in [6.45, 7) is 2.32. The third kappa shape index (κ3) is 2.70. The lowest BCUT2D eigenvalue weighted by Gasteiger charge is -2.25. The van der Waals surface area contributed by atoms with Crippen molar-refractivity contribution >= 4 is 5.78 Å². The zero-order valence-electron chi connectivity index (χ0n) is 11.7. The van der Waals surface area contributed by atoms with E-state index in [1.54, 1.807) is 6.20 Å². The molecule has 3 nitrogen and oxygen atoms in total. The monoisotopic (exact) mass is 258 g/mol. The molecule has 0 aliphatic heterocycles. The number of Topliss-reactive ketones (excluding diaryl/α,β-unsaturated/α-hetero) is 1. The molecule has 1 aromatic rings. The van der Waals surface area contributed by atoms with E-state index in [0.717, 1.165) is 42.3 Å². The van der Waals surface area contributed by atoms with E-state index in [9.17, 15) is 4.79 Å². The van der Waals surface area contributed by atoms with Crippen LogP contribution in [0.3, 0.4) is 0 Å². The molecule has 0 bridgehead atoms. The Hall–Kier alpha value is -1.25. The largest absolute Gasteiger partial charge is 0.294 e. The minimum absolute atomic E-state index is 0.232. The van der Waals surface area contributed by atoms with Crippen molar-refractivity contribution in [2.45, 2.75) is 64.2 Å². The molecular weight excluding hydrogens is 236 g/mol. The minimum atomic E-state index is 0.232. The standard InChI is InChI=1S/C16H22N2O/c1-11-5-4-6-12(9-11)16-17-10-13-14(18-16)7-2-3-8-15(13)19/h10-12H,2-9H2,1H3. The number of hydrogen-bond acceptors (Lipinski definition) is 3. The Morgan fingerprint density at radius 3 is 2.84 bits per heavy atom. The third-order valence-corrected chi connectivity index (χ3v) is 4.56. The maximum atomic E-state index is 12.0. The molecule has 2 aliphatic carbocycles. The molecular formula is C16H22N2O. The van der Waals surface area contributed by atoms with Gasteiger partial charge in [-0.25, -0.2) is 9.97 Å². The van der Waals surface area contributed by atoms with Gasteiger partial charge in [-0.15, -0.1) is 0 Å². The highest BCUT2D eigenvalue weighted by Gasteiger charge is 2.24. The number of nitrogens with zero attached hydrogens (tertiary/aromatic N) is 2. The number of aromatic nitrogens is 2. The Morgan fingerprint density at radius 1 is 1.16 bits per heavy atom. The first-order chi connectivity index (χ1) is 9.24. The van der Waals surface area contributed by atoms with Crippen molar-refractivity contribution in [1.82, 2.24) is 9.97 Å². The van der Waals surface area contributed by atoms with E-state index in [4.69, 9.17) is 4.98 Å². The van der Waals surface area contributed by atoms with E-state index in [1.165, 1.54) is 25.7 Å². The average Bonchev–Trinajstić information content (AvgIpc) is 2.60. The van der Waals surface area contributed by atoms with Crippen LogP contribution in [0.15, 0.2) is 6.20 Å². The van der Waals surface area contributed by atoms with Crippen molar-refractivity contribution in [3.8, 4) is 0 Å². The highest BCUT2D eigenvalue weighted by molar-refractivity contribution is 5.97. The van der Waals surface area contributed by atoms with Gasteiger partial charge < -0.3 is 0 Å². The molecule has 1 saturated carbocycles. The summed E-state index contributed by atoms with van der Waals surface area (Å²) in [7, 11) is 0. The molecule has 1 fully saturated rings. The van der Waals surface area contributed by atoms with Crippen LogP contribution in [0.1, 0.15) is 79.7 Å². The molecule has 102 valence electrons. The molecule has 3 heteroatoms. The number of rotatable bonds is 1. The van der Waals surface area contributed by atoms with Gasteiger partial charge in [0.05, 0.1) is 11.3 Å². The normalized spacial score (nSPS) is 27.7. The molecule has 1 aromatic heterocycles. The molecule has 0 saturated heterocycles. The number of carbonyl (C=O) groups excluding carboxylic acids is 1. The molecule has 0 aromatic carbocycles. The highest BCUT2D eigenvalue weighted by atomic mass is 16.1. The Bertz CT molecular complexity index is 484. The molecule has 3 rings (SSSR count). The van der Waals surface area contributed by atoms with E-state index in [2.05, 4.69) is 11.9 Å². The van der Waals surface area contributed by atoms with Crippen LogP contribution >= 0.6 is 0 Å². The molecule has 2 unspecified atom stereocenters. The highest BCUT2D eigenvalue weighted by Crippen LogP contribution is 2.34. The fourth-order valence-corrected chi connectivity index (χ4v) is 3.43. The van der Waals surface area contributed by atoms with Crippen LogP contribution in [0, 0.1) is 5.92 Å². The van der Waals surface area contributed by atoms with E-state index in [-0.39, 0.29) is 5.78 Å². The number of aryl methyl sites for hydroxylation is 1. The molecule has 2 atom stereocenters. The van der Waals surface area contributed by atoms with Gasteiger partial charge in [-0.2, -0.15) is 0 Å². The lowest BCUT2D eigenvalue weighted by molar-refractivity contribution is 0.0981. The van der Waals surface area contributed by atoms with Crippen molar-refractivity contribution in [2.75, 3.05) is 0 Å². The number of fused-ring (bicyclic) bond motifs is 1. The van der Waals surface area contributed by atoms with Crippen molar-refractivity contribution in [3.05, 3.63) is 23.3 Å². The zero-order chi connectivity index (χ0) is 13.2. The summed E-state index contributed by atoms with van der Waals surface area (Å²) in [5.74, 6) is 2.51. The third-order valence-electron chi connectivity index (χ3n) is 4.56. The summed E-state index contributed by atoms with van der Waals surface area (Å²) < 4.78 is 0. The molecule has 2 aliphatic rings. The summed E-state index contributed by atoms with van der Waals surface area (Å²) >= 11 is 0. The average molecular weight is 258 g/mol. The van der Waals surface area contributed by atoms with Crippen LogP contribution in [0.2, 0.25) is 0 Å². The van der Waals surface area contributed by atoms with Crippen molar-refractivity contribution in [3.63, 3.8) is 0 Å². The Kier molecular flexibility index (Phi) is 3.63. The van der Waals surface area contributed by atoms with Crippen molar-refractivity contribution in [2.24, 2.45) is 5.92 Å². The van der Waals surface area contributed by atoms with Gasteiger partial charge in [0.25, 0.3) is 0 Å². The summed E-state index contributed by atoms with van der Waals surface area (Å²) in [6.07, 6.45) is 10.5. The summed E-state index contributed by atoms with van der Waals surface area (Å²) in [6, 6.07) is 0. The van der Waals surface area contributed by atoms with E-state index in [1.807, 2.05) is 0 Å². The van der Waals surface area contributed by atoms with E-state index in [0.29, 0.717) is 12.3 Å². The maximum Gasteiger partial charge on any atom is 0.166 e. The molecule has 0 radical (unpaired) electrons. The first-order valence-corrected chi connectivity index (χ1v) is 7.63. The van der Waals surface area contributed by atoms with Crippen LogP contribution in [0.5, 0.6) is 0 Å². The minimum Gasteiger partial charge on any atom is -0.294 e. The zero-order valence-corrected chi connectivity index (χ0v) is 11.7.